The Hall–Kier alpha value is -3.69. The number of halogens is 1. The van der Waals surface area contributed by atoms with Gasteiger partial charge in [0.2, 0.25) is 21.8 Å². The van der Waals surface area contributed by atoms with Crippen LogP contribution < -0.4 is 15.4 Å². The summed E-state index contributed by atoms with van der Waals surface area (Å²) in [5.41, 5.74) is -0.105. The van der Waals surface area contributed by atoms with Crippen molar-refractivity contribution in [3.8, 4) is 0 Å². The third-order valence-corrected chi connectivity index (χ3v) is 14.8. The zero-order valence-corrected chi connectivity index (χ0v) is 31.4. The van der Waals surface area contributed by atoms with Gasteiger partial charge in [0.25, 0.3) is 5.91 Å². The van der Waals surface area contributed by atoms with Crippen LogP contribution >= 0.6 is 22.9 Å². The molecule has 0 bridgehead atoms. The van der Waals surface area contributed by atoms with Crippen LogP contribution in [0.3, 0.4) is 0 Å². The number of carbonyl (C=O) groups excluding carboxylic acids is 3. The van der Waals surface area contributed by atoms with Crippen molar-refractivity contribution in [3.05, 3.63) is 58.1 Å². The van der Waals surface area contributed by atoms with E-state index in [4.69, 9.17) is 11.6 Å². The molecule has 0 spiro atoms. The molecule has 4 amide bonds. The fourth-order valence-electron chi connectivity index (χ4n) is 8.46. The van der Waals surface area contributed by atoms with Crippen LogP contribution in [-0.2, 0) is 37.4 Å². The molecule has 3 heterocycles. The van der Waals surface area contributed by atoms with E-state index in [0.717, 1.165) is 49.0 Å². The number of aromatic nitrogens is 1. The number of likely N-dealkylation sites (tertiary alicyclic amines) is 1. The molecule has 2 aromatic rings. The van der Waals surface area contributed by atoms with Crippen molar-refractivity contribution in [1.82, 2.24) is 24.8 Å². The quantitative estimate of drug-likeness (QED) is 0.220. The molecule has 280 valence electrons. The van der Waals surface area contributed by atoms with E-state index >= 15 is 0 Å². The smallest absolute Gasteiger partial charge is 0.408 e. The van der Waals surface area contributed by atoms with E-state index in [1.54, 1.807) is 23.2 Å². The molecule has 1 saturated heterocycles. The Balaban J connectivity index is 1.22. The molecule has 52 heavy (non-hydrogen) atoms. The summed E-state index contributed by atoms with van der Waals surface area (Å²) in [6.45, 7) is 6.00. The third kappa shape index (κ3) is 6.91. The van der Waals surface area contributed by atoms with Gasteiger partial charge in [-0.05, 0) is 68.1 Å². The summed E-state index contributed by atoms with van der Waals surface area (Å²) >= 11 is 8.03. The van der Waals surface area contributed by atoms with E-state index in [0.29, 0.717) is 28.6 Å². The molecule has 0 radical (unpaired) electrons. The van der Waals surface area contributed by atoms with Crippen LogP contribution in [0, 0.1) is 17.8 Å². The summed E-state index contributed by atoms with van der Waals surface area (Å²) in [5.74, 6) is -2.72. The van der Waals surface area contributed by atoms with Crippen molar-refractivity contribution in [2.75, 3.05) is 11.9 Å². The highest BCUT2D eigenvalue weighted by molar-refractivity contribution is 7.91. The first-order chi connectivity index (χ1) is 24.9. The number of aryl methyl sites for hydroxylation is 1. The summed E-state index contributed by atoms with van der Waals surface area (Å²) in [6, 6.07) is 2.90. The molecule has 13 nitrogen and oxygen atoms in total. The summed E-state index contributed by atoms with van der Waals surface area (Å²) in [5, 5.41) is 17.0. The number of nitrogens with zero attached hydrogens (tertiary/aromatic N) is 3. The molecule has 3 aliphatic carbocycles. The van der Waals surface area contributed by atoms with Crippen LogP contribution in [0.2, 0.25) is 5.02 Å². The average molecular weight is 773 g/mol. The predicted molar refractivity (Wildman–Crippen MR) is 196 cm³/mol. The number of thiazole rings is 1. The summed E-state index contributed by atoms with van der Waals surface area (Å²) < 4.78 is 27.7. The van der Waals surface area contributed by atoms with E-state index in [1.165, 1.54) is 22.3 Å². The molecule has 4 N–H and O–H groups in total. The second kappa shape index (κ2) is 14.3. The fourth-order valence-corrected chi connectivity index (χ4v) is 10.9. The zero-order valence-electron chi connectivity index (χ0n) is 29.1. The highest BCUT2D eigenvalue weighted by atomic mass is 35.5. The summed E-state index contributed by atoms with van der Waals surface area (Å²) in [6.07, 6.45) is 8.85. The number of amides is 4. The number of carbonyl (C=O) groups is 4. The molecule has 2 unspecified atom stereocenters. The number of hydrogen-bond acceptors (Lipinski definition) is 9. The van der Waals surface area contributed by atoms with Crippen LogP contribution in [0.15, 0.2) is 37.1 Å². The molecule has 5 aliphatic rings. The first kappa shape index (κ1) is 36.7. The summed E-state index contributed by atoms with van der Waals surface area (Å²) in [7, 11) is -3.89. The van der Waals surface area contributed by atoms with Crippen LogP contribution in [-0.4, -0.2) is 81.5 Å². The zero-order chi connectivity index (χ0) is 36.9. The highest BCUT2D eigenvalue weighted by Crippen LogP contribution is 2.48. The number of anilines is 1. The first-order valence-corrected chi connectivity index (χ1v) is 20.9. The van der Waals surface area contributed by atoms with Gasteiger partial charge in [-0.2, -0.15) is 0 Å². The Bertz CT molecular complexity index is 1880. The van der Waals surface area contributed by atoms with Gasteiger partial charge in [0, 0.05) is 34.5 Å². The van der Waals surface area contributed by atoms with Crippen LogP contribution in [0.4, 0.5) is 9.93 Å². The van der Waals surface area contributed by atoms with E-state index in [9.17, 15) is 32.7 Å². The second-order valence-corrected chi connectivity index (χ2v) is 18.3. The van der Waals surface area contributed by atoms with E-state index in [-0.39, 0.29) is 37.8 Å². The molecule has 2 aliphatic heterocycles. The van der Waals surface area contributed by atoms with Crippen molar-refractivity contribution >= 4 is 61.9 Å². The normalized spacial score (nSPS) is 27.8. The largest absolute Gasteiger partial charge is 0.465 e. The minimum Gasteiger partial charge on any atom is -0.465 e. The Morgan fingerprint density at radius 2 is 1.90 bits per heavy atom. The lowest BCUT2D eigenvalue weighted by atomic mass is 9.83. The third-order valence-electron chi connectivity index (χ3n) is 11.6. The lowest BCUT2D eigenvalue weighted by Gasteiger charge is -2.35. The topological polar surface area (TPSA) is 178 Å². The minimum atomic E-state index is -3.89. The van der Waals surface area contributed by atoms with Gasteiger partial charge in [-0.1, -0.05) is 56.0 Å². The van der Waals surface area contributed by atoms with E-state index in [2.05, 4.69) is 26.9 Å². The second-order valence-electron chi connectivity index (χ2n) is 14.9. The number of fused-ring (bicyclic) bond motifs is 1. The Kier molecular flexibility index (Phi) is 10.1. The minimum absolute atomic E-state index is 0.0159. The lowest BCUT2D eigenvalue weighted by Crippen LogP contribution is -2.58. The first-order valence-electron chi connectivity index (χ1n) is 18.2. The van der Waals surface area contributed by atoms with Gasteiger partial charge < -0.3 is 20.6 Å². The van der Waals surface area contributed by atoms with E-state index < -0.39 is 68.7 Å². The van der Waals surface area contributed by atoms with Crippen LogP contribution in [0.25, 0.3) is 0 Å². The number of carboxylic acid groups (broad SMARTS) is 1. The van der Waals surface area contributed by atoms with Crippen molar-refractivity contribution in [3.63, 3.8) is 0 Å². The monoisotopic (exact) mass is 772 g/mol. The molecule has 3 saturated carbocycles. The number of nitrogens with one attached hydrogen (secondary N) is 3. The number of benzene rings is 1. The molecule has 4 fully saturated rings. The van der Waals surface area contributed by atoms with Crippen molar-refractivity contribution in [1.29, 1.82) is 0 Å². The van der Waals surface area contributed by atoms with E-state index in [1.807, 2.05) is 13.0 Å². The number of sulfonamides is 1. The standard InChI is InChI=1S/C36H45ClN6O7S2/c1-3-22-16-36(22,33(46)41-52(49,50)24-13-14-24)40-31(44)28-15-21(30-25-11-8-12-27(37)26(25)19-43(30)35(47)48)18-42(28)32(45)29(20-9-6-5-7-10-20)39-34-38-17-23(4-2)51-34/h3,8,11-12,17,20-22,24,28-30H,1,4-7,9-10,13-16,18-19H2,2H3,(H,38,39)(H,40,44)(H,41,46)(H,47,48)/t21-,22-,28+,29?,30?,36-/m1/s1. The number of hydrogen-bond donors (Lipinski definition) is 4. The Morgan fingerprint density at radius 1 is 1.15 bits per heavy atom. The maximum absolute atomic E-state index is 15.0. The maximum atomic E-state index is 15.0. The van der Waals surface area contributed by atoms with Crippen molar-refractivity contribution in [2.45, 2.75) is 107 Å². The Morgan fingerprint density at radius 3 is 2.54 bits per heavy atom. The van der Waals surface area contributed by atoms with Crippen LogP contribution in [0.5, 0.6) is 0 Å². The molecular weight excluding hydrogens is 728 g/mol. The van der Waals surface area contributed by atoms with Crippen LogP contribution in [0.1, 0.15) is 86.8 Å². The molecule has 1 aromatic heterocycles. The van der Waals surface area contributed by atoms with Gasteiger partial charge in [0.1, 0.15) is 17.6 Å². The van der Waals surface area contributed by atoms with Gasteiger partial charge in [-0.3, -0.25) is 24.0 Å². The fraction of sp³-hybridized carbons (Fsp3) is 0.583. The highest BCUT2D eigenvalue weighted by Gasteiger charge is 2.62. The van der Waals surface area contributed by atoms with Gasteiger partial charge in [0.15, 0.2) is 5.13 Å². The van der Waals surface area contributed by atoms with Gasteiger partial charge in [0.05, 0.1) is 17.8 Å². The van der Waals surface area contributed by atoms with Crippen molar-refractivity contribution < 1.29 is 32.7 Å². The molecule has 7 rings (SSSR count). The number of rotatable bonds is 12. The average Bonchev–Trinajstić information content (AvgIpc) is 3.95. The van der Waals surface area contributed by atoms with Gasteiger partial charge in [-0.25, -0.2) is 18.2 Å². The van der Waals surface area contributed by atoms with Crippen molar-refractivity contribution in [2.24, 2.45) is 17.8 Å². The molecule has 16 heteroatoms. The SMILES string of the molecule is C=C[C@@H]1C[C@]1(NC(=O)[C@@H]1C[C@@H](C2c3cccc(Cl)c3CN2C(=O)O)CN1C(=O)C(Nc1ncc(CC)s1)C1CCCCC1)C(=O)NS(=O)(=O)C1CC1. The summed E-state index contributed by atoms with van der Waals surface area (Å²) in [4.78, 5) is 64.1. The molecule has 6 atom stereocenters. The molecular formula is C36H45ClN6O7S2. The Labute approximate surface area is 312 Å². The van der Waals surface area contributed by atoms with Gasteiger partial charge >= 0.3 is 6.09 Å². The maximum Gasteiger partial charge on any atom is 0.408 e. The predicted octanol–water partition coefficient (Wildman–Crippen LogP) is 4.84. The lowest BCUT2D eigenvalue weighted by molar-refractivity contribution is -0.141. The van der Waals surface area contributed by atoms with Gasteiger partial charge in [-0.15, -0.1) is 17.9 Å². The molecule has 1 aromatic carbocycles.